The van der Waals surface area contributed by atoms with Crippen molar-refractivity contribution in [2.45, 2.75) is 26.7 Å². The van der Waals surface area contributed by atoms with Crippen LogP contribution in [-0.2, 0) is 12.8 Å². The molecule has 1 aliphatic heterocycles. The van der Waals surface area contributed by atoms with Gasteiger partial charge in [0, 0.05) is 10.9 Å². The number of hydrogen-bond acceptors (Lipinski definition) is 1. The largest absolute Gasteiger partial charge is 0.456 e. The number of rotatable bonds is 2. The first-order valence-corrected chi connectivity index (χ1v) is 10.5. The highest BCUT2D eigenvalue weighted by atomic mass is 16.5. The van der Waals surface area contributed by atoms with Crippen LogP contribution in [-0.4, -0.2) is 0 Å². The number of benzene rings is 5. The average molecular weight is 374 g/mol. The highest BCUT2D eigenvalue weighted by Gasteiger charge is 2.22. The second-order valence-electron chi connectivity index (χ2n) is 7.92. The molecule has 0 aliphatic carbocycles. The molecule has 0 fully saturated rings. The Balaban J connectivity index is 1.82. The van der Waals surface area contributed by atoms with Crippen molar-refractivity contribution >= 4 is 32.3 Å². The zero-order valence-corrected chi connectivity index (χ0v) is 16.8. The molecule has 1 heteroatoms. The van der Waals surface area contributed by atoms with Gasteiger partial charge in [-0.15, -0.1) is 0 Å². The van der Waals surface area contributed by atoms with E-state index in [9.17, 15) is 0 Å². The Labute approximate surface area is 170 Å². The fourth-order valence-electron chi connectivity index (χ4n) is 4.90. The van der Waals surface area contributed by atoms with Crippen LogP contribution < -0.4 is 4.74 Å². The molecule has 1 aliphatic rings. The molecule has 5 aromatic rings. The third-order valence-electron chi connectivity index (χ3n) is 6.39. The van der Waals surface area contributed by atoms with E-state index in [1.54, 1.807) is 0 Å². The lowest BCUT2D eigenvalue weighted by atomic mass is 9.87. The summed E-state index contributed by atoms with van der Waals surface area (Å²) in [6.45, 7) is 4.42. The predicted molar refractivity (Wildman–Crippen MR) is 123 cm³/mol. The Morgan fingerprint density at radius 1 is 0.586 bits per heavy atom. The van der Waals surface area contributed by atoms with Gasteiger partial charge in [0.05, 0.1) is 0 Å². The van der Waals surface area contributed by atoms with Gasteiger partial charge in [0.1, 0.15) is 11.5 Å². The standard InChI is InChI=1S/C28H22O/c1-3-17-12-13-21-25-16-24-20-9-6-5-8-19(20)18(4-2)15-23(24)22-10-7-11-26(28(22)25)29-27(21)14-17/h5-16H,3-4H2,1-2H3. The molecule has 0 saturated carbocycles. The lowest BCUT2D eigenvalue weighted by molar-refractivity contribution is 0.486. The van der Waals surface area contributed by atoms with Gasteiger partial charge >= 0.3 is 0 Å². The average Bonchev–Trinajstić information content (AvgIpc) is 2.78. The van der Waals surface area contributed by atoms with Gasteiger partial charge in [0.25, 0.3) is 0 Å². The monoisotopic (exact) mass is 374 g/mol. The fraction of sp³-hybridized carbons (Fsp3) is 0.143. The van der Waals surface area contributed by atoms with Crippen LogP contribution in [0.3, 0.4) is 0 Å². The molecular formula is C28H22O. The van der Waals surface area contributed by atoms with Crippen LogP contribution >= 0.6 is 0 Å². The zero-order chi connectivity index (χ0) is 19.5. The van der Waals surface area contributed by atoms with E-state index in [-0.39, 0.29) is 0 Å². The van der Waals surface area contributed by atoms with E-state index < -0.39 is 0 Å². The molecule has 6 rings (SSSR count). The van der Waals surface area contributed by atoms with Gasteiger partial charge in [-0.2, -0.15) is 0 Å². The summed E-state index contributed by atoms with van der Waals surface area (Å²) in [6, 6.07) is 26.7. The van der Waals surface area contributed by atoms with Crippen molar-refractivity contribution in [3.63, 3.8) is 0 Å². The van der Waals surface area contributed by atoms with Gasteiger partial charge in [-0.1, -0.05) is 62.4 Å². The van der Waals surface area contributed by atoms with E-state index in [2.05, 4.69) is 86.6 Å². The number of fused-ring (bicyclic) bond motifs is 6. The maximum atomic E-state index is 6.38. The number of aryl methyl sites for hydroxylation is 2. The molecule has 5 aromatic carbocycles. The first-order chi connectivity index (χ1) is 14.3. The SMILES string of the molecule is CCc1ccc2c(c1)Oc1cccc3c1c-2cc1c2ccccc2c(CC)cc31. The molecule has 0 radical (unpaired) electrons. The Kier molecular flexibility index (Phi) is 3.49. The number of ether oxygens (including phenoxy) is 1. The van der Waals surface area contributed by atoms with Crippen LogP contribution in [0.15, 0.2) is 72.8 Å². The van der Waals surface area contributed by atoms with Crippen LogP contribution in [0, 0.1) is 0 Å². The highest BCUT2D eigenvalue weighted by molar-refractivity contribution is 6.23. The van der Waals surface area contributed by atoms with E-state index in [0.717, 1.165) is 24.3 Å². The zero-order valence-electron chi connectivity index (χ0n) is 16.8. The normalized spacial score (nSPS) is 12.3. The molecule has 0 amide bonds. The summed E-state index contributed by atoms with van der Waals surface area (Å²) in [7, 11) is 0. The topological polar surface area (TPSA) is 9.23 Å². The Morgan fingerprint density at radius 2 is 1.38 bits per heavy atom. The smallest absolute Gasteiger partial charge is 0.135 e. The summed E-state index contributed by atoms with van der Waals surface area (Å²) >= 11 is 0. The summed E-state index contributed by atoms with van der Waals surface area (Å²) in [5.74, 6) is 1.93. The second kappa shape index (κ2) is 6.09. The first-order valence-electron chi connectivity index (χ1n) is 10.5. The second-order valence-corrected chi connectivity index (χ2v) is 7.92. The Hall–Kier alpha value is -3.32. The van der Waals surface area contributed by atoms with Crippen LogP contribution in [0.25, 0.3) is 43.4 Å². The Morgan fingerprint density at radius 3 is 2.21 bits per heavy atom. The molecule has 0 aromatic heterocycles. The van der Waals surface area contributed by atoms with Crippen LogP contribution in [0.5, 0.6) is 11.5 Å². The van der Waals surface area contributed by atoms with Crippen molar-refractivity contribution in [3.8, 4) is 22.6 Å². The molecule has 140 valence electrons. The highest BCUT2D eigenvalue weighted by Crippen LogP contribution is 2.49. The van der Waals surface area contributed by atoms with Gasteiger partial charge in [0.15, 0.2) is 0 Å². The van der Waals surface area contributed by atoms with Gasteiger partial charge in [0.2, 0.25) is 0 Å². The lowest BCUT2D eigenvalue weighted by Gasteiger charge is -2.23. The van der Waals surface area contributed by atoms with Gasteiger partial charge in [-0.05, 0) is 80.7 Å². The molecule has 0 unspecified atom stereocenters. The van der Waals surface area contributed by atoms with Crippen LogP contribution in [0.2, 0.25) is 0 Å². The van der Waals surface area contributed by atoms with Gasteiger partial charge < -0.3 is 4.74 Å². The van der Waals surface area contributed by atoms with Crippen molar-refractivity contribution in [3.05, 3.63) is 83.9 Å². The third-order valence-corrected chi connectivity index (χ3v) is 6.39. The summed E-state index contributed by atoms with van der Waals surface area (Å²) < 4.78 is 6.38. The predicted octanol–water partition coefficient (Wildman–Crippen LogP) is 8.04. The summed E-state index contributed by atoms with van der Waals surface area (Å²) in [6.07, 6.45) is 2.04. The van der Waals surface area contributed by atoms with E-state index in [1.165, 1.54) is 54.6 Å². The lowest BCUT2D eigenvalue weighted by Crippen LogP contribution is -1.99. The summed E-state index contributed by atoms with van der Waals surface area (Å²) in [4.78, 5) is 0. The van der Waals surface area contributed by atoms with Crippen molar-refractivity contribution in [2.75, 3.05) is 0 Å². The van der Waals surface area contributed by atoms with Crippen molar-refractivity contribution in [2.24, 2.45) is 0 Å². The Bertz CT molecular complexity index is 1440. The first kappa shape index (κ1) is 16.6. The van der Waals surface area contributed by atoms with Gasteiger partial charge in [-0.25, -0.2) is 0 Å². The maximum Gasteiger partial charge on any atom is 0.135 e. The van der Waals surface area contributed by atoms with Crippen LogP contribution in [0.4, 0.5) is 0 Å². The molecule has 1 nitrogen and oxygen atoms in total. The van der Waals surface area contributed by atoms with Crippen LogP contribution in [0.1, 0.15) is 25.0 Å². The van der Waals surface area contributed by atoms with Gasteiger partial charge in [-0.3, -0.25) is 0 Å². The van der Waals surface area contributed by atoms with Crippen molar-refractivity contribution in [1.29, 1.82) is 0 Å². The molecular weight excluding hydrogens is 352 g/mol. The number of hydrogen-bond donors (Lipinski definition) is 0. The molecule has 29 heavy (non-hydrogen) atoms. The molecule has 0 saturated heterocycles. The fourth-order valence-corrected chi connectivity index (χ4v) is 4.90. The molecule has 0 spiro atoms. The van der Waals surface area contributed by atoms with E-state index in [0.29, 0.717) is 0 Å². The summed E-state index contributed by atoms with van der Waals surface area (Å²) in [5, 5.41) is 7.85. The molecule has 0 N–H and O–H groups in total. The minimum absolute atomic E-state index is 0.964. The third kappa shape index (κ3) is 2.28. The van der Waals surface area contributed by atoms with E-state index >= 15 is 0 Å². The maximum absolute atomic E-state index is 6.38. The molecule has 1 heterocycles. The van der Waals surface area contributed by atoms with Crippen molar-refractivity contribution in [1.82, 2.24) is 0 Å². The minimum Gasteiger partial charge on any atom is -0.456 e. The van der Waals surface area contributed by atoms with Crippen molar-refractivity contribution < 1.29 is 4.74 Å². The molecule has 0 atom stereocenters. The van der Waals surface area contributed by atoms with E-state index in [4.69, 9.17) is 4.74 Å². The summed E-state index contributed by atoms with van der Waals surface area (Å²) in [5.41, 5.74) is 5.18. The quantitative estimate of drug-likeness (QED) is 0.279. The minimum atomic E-state index is 0.964. The molecule has 0 bridgehead atoms. The van der Waals surface area contributed by atoms with E-state index in [1.807, 2.05) is 0 Å².